The number of hydrogen-bond donors (Lipinski definition) is 2. The summed E-state index contributed by atoms with van der Waals surface area (Å²) in [5.41, 5.74) is 0. The Labute approximate surface area is 65.5 Å². The van der Waals surface area contributed by atoms with Crippen molar-refractivity contribution in [3.8, 4) is 0 Å². The van der Waals surface area contributed by atoms with Gasteiger partial charge in [0.2, 0.25) is 6.41 Å². The number of nitrogens with one attached hydrogen (secondary N) is 1. The van der Waals surface area contributed by atoms with E-state index in [1.807, 2.05) is 0 Å². The first-order chi connectivity index (χ1) is 5.06. The highest BCUT2D eigenvalue weighted by Gasteiger charge is 2.02. The molecule has 0 heterocycles. The van der Waals surface area contributed by atoms with Crippen molar-refractivity contribution in [3.63, 3.8) is 0 Å². The maximum Gasteiger partial charge on any atom is 0.264 e. The van der Waals surface area contributed by atoms with Gasteiger partial charge in [0.25, 0.3) is 10.1 Å². The van der Waals surface area contributed by atoms with Gasteiger partial charge in [-0.05, 0) is 12.8 Å². The fourth-order valence-corrected chi connectivity index (χ4v) is 1.14. The van der Waals surface area contributed by atoms with E-state index in [1.165, 1.54) is 0 Å². The van der Waals surface area contributed by atoms with Crippen molar-refractivity contribution in [2.75, 3.05) is 12.3 Å². The van der Waals surface area contributed by atoms with Gasteiger partial charge in [-0.25, -0.2) is 0 Å². The molecule has 0 aromatic heterocycles. The molecule has 0 rings (SSSR count). The van der Waals surface area contributed by atoms with Crippen LogP contribution in [0.5, 0.6) is 0 Å². The fraction of sp³-hybridized carbons (Fsp3) is 0.800. The van der Waals surface area contributed by atoms with E-state index in [-0.39, 0.29) is 5.75 Å². The number of amides is 1. The lowest BCUT2D eigenvalue weighted by atomic mass is 10.3. The first kappa shape index (κ1) is 10.4. The van der Waals surface area contributed by atoms with Gasteiger partial charge in [-0.3, -0.25) is 9.35 Å². The van der Waals surface area contributed by atoms with Crippen LogP contribution < -0.4 is 5.32 Å². The summed E-state index contributed by atoms with van der Waals surface area (Å²) < 4.78 is 28.5. The highest BCUT2D eigenvalue weighted by Crippen LogP contribution is 1.91. The van der Waals surface area contributed by atoms with Crippen LogP contribution >= 0.6 is 0 Å². The molecule has 0 radical (unpaired) electrons. The number of carbonyl (C=O) groups excluding carboxylic acids is 1. The summed E-state index contributed by atoms with van der Waals surface area (Å²) in [4.78, 5) is 9.69. The molecule has 0 unspecified atom stereocenters. The first-order valence-corrected chi connectivity index (χ1v) is 4.79. The van der Waals surface area contributed by atoms with E-state index in [9.17, 15) is 13.2 Å². The van der Waals surface area contributed by atoms with Crippen LogP contribution in [0.2, 0.25) is 0 Å². The lowest BCUT2D eigenvalue weighted by Gasteiger charge is -1.96. The van der Waals surface area contributed by atoms with E-state index in [4.69, 9.17) is 4.55 Å². The molecule has 0 spiro atoms. The van der Waals surface area contributed by atoms with Crippen molar-refractivity contribution in [2.45, 2.75) is 12.8 Å². The van der Waals surface area contributed by atoms with Crippen LogP contribution in [0.1, 0.15) is 12.8 Å². The zero-order valence-electron chi connectivity index (χ0n) is 5.99. The van der Waals surface area contributed by atoms with Gasteiger partial charge < -0.3 is 5.32 Å². The number of carbonyl (C=O) groups is 1. The second-order valence-corrected chi connectivity index (χ2v) is 3.64. The molecule has 0 aromatic rings. The van der Waals surface area contributed by atoms with Gasteiger partial charge in [-0.15, -0.1) is 0 Å². The number of unbranched alkanes of at least 4 members (excludes halogenated alkanes) is 1. The van der Waals surface area contributed by atoms with Gasteiger partial charge in [-0.1, -0.05) is 0 Å². The molecule has 0 aromatic carbocycles. The molecule has 0 bridgehead atoms. The summed E-state index contributed by atoms with van der Waals surface area (Å²) in [7, 11) is -3.83. The second kappa shape index (κ2) is 5.09. The summed E-state index contributed by atoms with van der Waals surface area (Å²) in [6.07, 6.45) is 1.46. The average molecular weight is 181 g/mol. The van der Waals surface area contributed by atoms with Crippen molar-refractivity contribution >= 4 is 16.5 Å². The van der Waals surface area contributed by atoms with Crippen LogP contribution in [0.15, 0.2) is 0 Å². The van der Waals surface area contributed by atoms with Crippen LogP contribution in [-0.2, 0) is 14.9 Å². The van der Waals surface area contributed by atoms with E-state index in [2.05, 4.69) is 5.32 Å². The van der Waals surface area contributed by atoms with Crippen LogP contribution in [0.25, 0.3) is 0 Å². The summed E-state index contributed by atoms with van der Waals surface area (Å²) in [5, 5.41) is 2.38. The third-order valence-electron chi connectivity index (χ3n) is 1.06. The molecule has 0 atom stereocenters. The molecule has 0 fully saturated rings. The summed E-state index contributed by atoms with van der Waals surface area (Å²) in [6.45, 7) is 0.443. The molecule has 5 nitrogen and oxygen atoms in total. The first-order valence-electron chi connectivity index (χ1n) is 3.18. The summed E-state index contributed by atoms with van der Waals surface area (Å²) in [6, 6.07) is 0. The Morgan fingerprint density at radius 1 is 1.36 bits per heavy atom. The molecule has 1 amide bonds. The Morgan fingerprint density at radius 3 is 2.45 bits per heavy atom. The zero-order valence-corrected chi connectivity index (χ0v) is 6.80. The Morgan fingerprint density at radius 2 is 2.00 bits per heavy atom. The van der Waals surface area contributed by atoms with Crippen molar-refractivity contribution in [1.29, 1.82) is 0 Å². The monoisotopic (exact) mass is 181 g/mol. The third kappa shape index (κ3) is 9.38. The lowest BCUT2D eigenvalue weighted by Crippen LogP contribution is -2.13. The third-order valence-corrected chi connectivity index (χ3v) is 1.86. The van der Waals surface area contributed by atoms with Gasteiger partial charge in [0.15, 0.2) is 0 Å². The average Bonchev–Trinajstić information content (AvgIpc) is 1.85. The molecule has 2 N–H and O–H groups in total. The minimum absolute atomic E-state index is 0.243. The van der Waals surface area contributed by atoms with Gasteiger partial charge in [0, 0.05) is 6.54 Å². The highest BCUT2D eigenvalue weighted by atomic mass is 32.2. The Kier molecular flexibility index (Phi) is 4.80. The molecule has 0 saturated heterocycles. The van der Waals surface area contributed by atoms with Crippen LogP contribution in [0.3, 0.4) is 0 Å². The number of rotatable bonds is 6. The van der Waals surface area contributed by atoms with Crippen molar-refractivity contribution in [1.82, 2.24) is 5.32 Å². The molecule has 66 valence electrons. The summed E-state index contributed by atoms with van der Waals surface area (Å²) in [5.74, 6) is -0.243. The quantitative estimate of drug-likeness (QED) is 0.325. The van der Waals surface area contributed by atoms with Crippen molar-refractivity contribution < 1.29 is 17.8 Å². The standard InChI is InChI=1S/C5H11NO4S/c7-5-6-3-1-2-4-11(8,9)10/h5H,1-4H2,(H,6,7)(H,8,9,10). The largest absolute Gasteiger partial charge is 0.359 e. The highest BCUT2D eigenvalue weighted by molar-refractivity contribution is 7.85. The topological polar surface area (TPSA) is 83.5 Å². The Hall–Kier alpha value is -0.620. The fourth-order valence-electron chi connectivity index (χ4n) is 0.570. The second-order valence-electron chi connectivity index (χ2n) is 2.07. The molecule has 6 heteroatoms. The molecule has 0 aliphatic heterocycles. The van der Waals surface area contributed by atoms with E-state index < -0.39 is 10.1 Å². The lowest BCUT2D eigenvalue weighted by molar-refractivity contribution is -0.109. The van der Waals surface area contributed by atoms with E-state index in [0.29, 0.717) is 25.8 Å². The Bertz CT molecular complexity index is 199. The molecular formula is C5H11NO4S. The van der Waals surface area contributed by atoms with Crippen LogP contribution in [0.4, 0.5) is 0 Å². The summed E-state index contributed by atoms with van der Waals surface area (Å²) >= 11 is 0. The van der Waals surface area contributed by atoms with E-state index in [1.54, 1.807) is 0 Å². The molecular weight excluding hydrogens is 170 g/mol. The zero-order chi connectivity index (χ0) is 8.74. The minimum atomic E-state index is -3.83. The smallest absolute Gasteiger partial charge is 0.264 e. The van der Waals surface area contributed by atoms with E-state index in [0.717, 1.165) is 0 Å². The Balaban J connectivity index is 3.22. The maximum absolute atomic E-state index is 10.1. The van der Waals surface area contributed by atoms with Crippen molar-refractivity contribution in [2.24, 2.45) is 0 Å². The van der Waals surface area contributed by atoms with Gasteiger partial charge in [-0.2, -0.15) is 8.42 Å². The van der Waals surface area contributed by atoms with Crippen LogP contribution in [0, 0.1) is 0 Å². The SMILES string of the molecule is O=CNCCCCS(=O)(=O)O. The predicted molar refractivity (Wildman–Crippen MR) is 39.7 cm³/mol. The number of hydrogen-bond acceptors (Lipinski definition) is 3. The normalized spacial score (nSPS) is 11.0. The molecule has 0 aliphatic carbocycles. The van der Waals surface area contributed by atoms with Gasteiger partial charge in [0.1, 0.15) is 0 Å². The molecule has 0 aliphatic rings. The predicted octanol–water partition coefficient (Wildman–Crippen LogP) is -0.600. The molecule has 11 heavy (non-hydrogen) atoms. The maximum atomic E-state index is 10.1. The van der Waals surface area contributed by atoms with Crippen LogP contribution in [-0.4, -0.2) is 31.7 Å². The minimum Gasteiger partial charge on any atom is -0.359 e. The van der Waals surface area contributed by atoms with Crippen molar-refractivity contribution in [3.05, 3.63) is 0 Å². The van der Waals surface area contributed by atoms with E-state index >= 15 is 0 Å². The van der Waals surface area contributed by atoms with Gasteiger partial charge in [0.05, 0.1) is 5.75 Å². The molecule has 0 saturated carbocycles. The van der Waals surface area contributed by atoms with Gasteiger partial charge >= 0.3 is 0 Å².